The van der Waals surface area contributed by atoms with Gasteiger partial charge in [0.15, 0.2) is 6.07 Å². The summed E-state index contributed by atoms with van der Waals surface area (Å²) in [6.07, 6.45) is 3.35. The molecule has 0 atom stereocenters. The van der Waals surface area contributed by atoms with Crippen molar-refractivity contribution in [2.45, 2.75) is 6.92 Å². The van der Waals surface area contributed by atoms with Crippen LogP contribution >= 0.6 is 0 Å². The molecule has 1 heterocycles. The van der Waals surface area contributed by atoms with Gasteiger partial charge in [-0.05, 0) is 24.5 Å². The molecule has 0 radical (unpaired) electrons. The fourth-order valence-corrected chi connectivity index (χ4v) is 0.690. The minimum Gasteiger partial charge on any atom is -0.263 e. The molecular weight excluding hydrogens is 136 g/mol. The van der Waals surface area contributed by atoms with E-state index in [1.165, 1.54) is 0 Å². The van der Waals surface area contributed by atoms with Crippen LogP contribution in [-0.2, 0) is 0 Å². The van der Waals surface area contributed by atoms with E-state index < -0.39 is 0 Å². The van der Waals surface area contributed by atoms with Gasteiger partial charge in [0.1, 0.15) is 0 Å². The molecule has 0 saturated heterocycles. The van der Waals surface area contributed by atoms with E-state index in [-0.39, 0.29) is 0 Å². The molecule has 0 aliphatic carbocycles. The van der Waals surface area contributed by atoms with Crippen LogP contribution in [0.4, 0.5) is 0 Å². The average Bonchev–Trinajstić information content (AvgIpc) is 2.03. The topological polar surface area (TPSA) is 36.7 Å². The molecule has 0 saturated carbocycles. The van der Waals surface area contributed by atoms with Crippen molar-refractivity contribution >= 4 is 0 Å². The normalized spacial score (nSPS) is 7.64. The molecule has 0 unspecified atom stereocenters. The fourth-order valence-electron chi connectivity index (χ4n) is 0.690. The lowest BCUT2D eigenvalue weighted by Gasteiger charge is -1.92. The zero-order chi connectivity index (χ0) is 8.10. The van der Waals surface area contributed by atoms with Crippen LogP contribution in [0.3, 0.4) is 0 Å². The van der Waals surface area contributed by atoms with Gasteiger partial charge in [0.05, 0.1) is 0 Å². The summed E-state index contributed by atoms with van der Waals surface area (Å²) < 4.78 is 0. The first-order valence-electron chi connectivity index (χ1n) is 3.15. The van der Waals surface area contributed by atoms with E-state index in [1.807, 2.05) is 13.0 Å². The fraction of sp³-hybridized carbons (Fsp3) is 0.111. The molecule has 0 amide bonds. The molecule has 0 aliphatic heterocycles. The Balaban J connectivity index is 3.07. The third-order valence-electron chi connectivity index (χ3n) is 1.29. The number of pyridine rings is 1. The maximum Gasteiger partial charge on any atom is 0.152 e. The molecule has 0 bridgehead atoms. The highest BCUT2D eigenvalue weighted by molar-refractivity contribution is 5.40. The van der Waals surface area contributed by atoms with E-state index in [0.717, 1.165) is 11.1 Å². The monoisotopic (exact) mass is 142 g/mol. The Labute approximate surface area is 65.5 Å². The maximum absolute atomic E-state index is 8.17. The summed E-state index contributed by atoms with van der Waals surface area (Å²) in [5.74, 6) is 5.01. The van der Waals surface area contributed by atoms with Gasteiger partial charge in [-0.3, -0.25) is 4.98 Å². The molecule has 0 aliphatic rings. The van der Waals surface area contributed by atoms with Gasteiger partial charge in [-0.25, -0.2) is 0 Å². The van der Waals surface area contributed by atoms with E-state index >= 15 is 0 Å². The molecule has 2 nitrogen and oxygen atoms in total. The lowest BCUT2D eigenvalue weighted by Crippen LogP contribution is -1.81. The van der Waals surface area contributed by atoms with Crippen LogP contribution in [0.25, 0.3) is 0 Å². The lowest BCUT2D eigenvalue weighted by atomic mass is 10.2. The van der Waals surface area contributed by atoms with Crippen LogP contribution in [0.5, 0.6) is 0 Å². The highest BCUT2D eigenvalue weighted by Gasteiger charge is 1.90. The van der Waals surface area contributed by atoms with Crippen molar-refractivity contribution in [2.75, 3.05) is 0 Å². The van der Waals surface area contributed by atoms with Crippen molar-refractivity contribution in [1.82, 2.24) is 4.98 Å². The number of hydrogen-bond donors (Lipinski definition) is 0. The summed E-state index contributed by atoms with van der Waals surface area (Å²) in [7, 11) is 0. The summed E-state index contributed by atoms with van der Waals surface area (Å²) in [6, 6.07) is 3.62. The van der Waals surface area contributed by atoms with E-state index in [4.69, 9.17) is 5.26 Å². The second-order valence-corrected chi connectivity index (χ2v) is 2.05. The van der Waals surface area contributed by atoms with Gasteiger partial charge in [-0.2, -0.15) is 5.26 Å². The zero-order valence-electron chi connectivity index (χ0n) is 6.13. The Hall–Kier alpha value is -1.80. The molecule has 52 valence electrons. The minimum absolute atomic E-state index is 0.814. The Morgan fingerprint density at radius 1 is 1.55 bits per heavy atom. The highest BCUT2D eigenvalue weighted by Crippen LogP contribution is 2.01. The Bertz CT molecular complexity index is 350. The Morgan fingerprint density at radius 2 is 2.36 bits per heavy atom. The zero-order valence-corrected chi connectivity index (χ0v) is 6.13. The van der Waals surface area contributed by atoms with E-state index in [9.17, 15) is 0 Å². The van der Waals surface area contributed by atoms with E-state index in [0.29, 0.717) is 0 Å². The number of hydrogen-bond acceptors (Lipinski definition) is 2. The second-order valence-electron chi connectivity index (χ2n) is 2.05. The van der Waals surface area contributed by atoms with Crippen LogP contribution < -0.4 is 0 Å². The quantitative estimate of drug-likeness (QED) is 0.511. The van der Waals surface area contributed by atoms with Crippen molar-refractivity contribution in [2.24, 2.45) is 0 Å². The van der Waals surface area contributed by atoms with Crippen LogP contribution in [0, 0.1) is 30.1 Å². The van der Waals surface area contributed by atoms with Crippen molar-refractivity contribution < 1.29 is 0 Å². The predicted octanol–water partition coefficient (Wildman–Crippen LogP) is 1.27. The van der Waals surface area contributed by atoms with Crippen LogP contribution in [0.1, 0.15) is 11.1 Å². The third-order valence-corrected chi connectivity index (χ3v) is 1.29. The third kappa shape index (κ3) is 1.81. The molecule has 1 aromatic heterocycles. The first kappa shape index (κ1) is 7.31. The first-order chi connectivity index (χ1) is 5.34. The minimum atomic E-state index is 0.814. The smallest absolute Gasteiger partial charge is 0.152 e. The van der Waals surface area contributed by atoms with Gasteiger partial charge in [-0.1, -0.05) is 0 Å². The number of rotatable bonds is 0. The van der Waals surface area contributed by atoms with Crippen LogP contribution in [0.2, 0.25) is 0 Å². The SMILES string of the molecule is Cc1ccncc1C#CC#N. The summed E-state index contributed by atoms with van der Waals surface area (Å²) in [5.41, 5.74) is 1.86. The maximum atomic E-state index is 8.17. The summed E-state index contributed by atoms with van der Waals surface area (Å²) in [4.78, 5) is 3.89. The number of aryl methyl sites for hydroxylation is 1. The average molecular weight is 142 g/mol. The van der Waals surface area contributed by atoms with Gasteiger partial charge in [0.2, 0.25) is 0 Å². The van der Waals surface area contributed by atoms with Gasteiger partial charge >= 0.3 is 0 Å². The molecule has 0 fully saturated rings. The van der Waals surface area contributed by atoms with Crippen molar-refractivity contribution in [3.05, 3.63) is 29.6 Å². The molecule has 0 N–H and O–H groups in total. The molecule has 11 heavy (non-hydrogen) atoms. The molecular formula is C9H6N2. The van der Waals surface area contributed by atoms with Crippen molar-refractivity contribution in [1.29, 1.82) is 5.26 Å². The number of nitriles is 1. The van der Waals surface area contributed by atoms with E-state index in [2.05, 4.69) is 16.8 Å². The van der Waals surface area contributed by atoms with Crippen LogP contribution in [0.15, 0.2) is 18.5 Å². The van der Waals surface area contributed by atoms with E-state index in [1.54, 1.807) is 18.5 Å². The van der Waals surface area contributed by atoms with Gasteiger partial charge < -0.3 is 0 Å². The Morgan fingerprint density at radius 3 is 3.00 bits per heavy atom. The van der Waals surface area contributed by atoms with Gasteiger partial charge in [0.25, 0.3) is 0 Å². The van der Waals surface area contributed by atoms with Crippen molar-refractivity contribution in [3.8, 4) is 17.9 Å². The predicted molar refractivity (Wildman–Crippen MR) is 41.5 cm³/mol. The first-order valence-corrected chi connectivity index (χ1v) is 3.15. The molecule has 1 rings (SSSR count). The van der Waals surface area contributed by atoms with Crippen LogP contribution in [-0.4, -0.2) is 4.98 Å². The summed E-state index contributed by atoms with van der Waals surface area (Å²) in [6.45, 7) is 1.93. The Kier molecular flexibility index (Phi) is 2.25. The molecule has 2 heteroatoms. The summed E-state index contributed by atoms with van der Waals surface area (Å²) in [5, 5.41) is 8.17. The highest BCUT2D eigenvalue weighted by atomic mass is 14.6. The number of nitrogens with zero attached hydrogens (tertiary/aromatic N) is 2. The number of aromatic nitrogens is 1. The summed E-state index contributed by atoms with van der Waals surface area (Å²) >= 11 is 0. The lowest BCUT2D eigenvalue weighted by molar-refractivity contribution is 1.27. The largest absolute Gasteiger partial charge is 0.263 e. The standard InChI is InChI=1S/C9H6N2/c1-8-4-6-11-7-9(8)3-2-5-10/h4,6-7H,1H3. The van der Waals surface area contributed by atoms with Crippen molar-refractivity contribution in [3.63, 3.8) is 0 Å². The second kappa shape index (κ2) is 3.39. The molecule has 1 aromatic rings. The van der Waals surface area contributed by atoms with Gasteiger partial charge in [-0.15, -0.1) is 0 Å². The van der Waals surface area contributed by atoms with Gasteiger partial charge in [0, 0.05) is 23.9 Å². The molecule has 0 aromatic carbocycles. The molecule has 0 spiro atoms.